The molecule has 5 aromatic rings. The lowest BCUT2D eigenvalue weighted by Crippen LogP contribution is -2.03. The number of thiazole rings is 1. The van der Waals surface area contributed by atoms with Gasteiger partial charge in [-0.1, -0.05) is 48.9 Å². The van der Waals surface area contributed by atoms with Crippen LogP contribution < -0.4 is 10.1 Å². The molecule has 0 saturated carbocycles. The number of hydrogen-bond donors (Lipinski definition) is 1. The van der Waals surface area contributed by atoms with E-state index in [-0.39, 0.29) is 0 Å². The fourth-order valence-corrected chi connectivity index (χ4v) is 4.42. The van der Waals surface area contributed by atoms with Crippen molar-refractivity contribution < 1.29 is 4.74 Å². The number of anilines is 2. The smallest absolute Gasteiger partial charge is 0.250 e. The Morgan fingerprint density at radius 2 is 1.85 bits per heavy atom. The van der Waals surface area contributed by atoms with E-state index in [0.717, 1.165) is 33.5 Å². The third kappa shape index (κ3) is 4.67. The van der Waals surface area contributed by atoms with E-state index in [9.17, 15) is 0 Å². The molecular formula is C24H21ClN6OS. The van der Waals surface area contributed by atoms with Crippen molar-refractivity contribution in [3.05, 3.63) is 72.4 Å². The zero-order chi connectivity index (χ0) is 22.8. The van der Waals surface area contributed by atoms with Crippen LogP contribution in [0.2, 0.25) is 5.02 Å². The predicted octanol–water partition coefficient (Wildman–Crippen LogP) is 6.80. The highest BCUT2D eigenvalue weighted by atomic mass is 35.5. The van der Waals surface area contributed by atoms with E-state index in [1.165, 1.54) is 6.33 Å². The standard InChI is InChI=1S/C24H21ClN6OS/c1-15(2)12-31-14-29-21-22(31)27-13-28-23(21)32-17-9-7-16(8-10-17)20-11-26-24(33-20)30-19-6-4-3-5-18(19)25/h3-11,13-15H,12H2,1-2H3,(H,26,30). The first-order valence-electron chi connectivity index (χ1n) is 10.5. The second-order valence-electron chi connectivity index (χ2n) is 7.90. The maximum atomic E-state index is 6.23. The Hall–Kier alpha value is -3.49. The van der Waals surface area contributed by atoms with E-state index in [1.807, 2.05) is 59.3 Å². The summed E-state index contributed by atoms with van der Waals surface area (Å²) >= 11 is 7.78. The monoisotopic (exact) mass is 476 g/mol. The molecule has 5 rings (SSSR count). The van der Waals surface area contributed by atoms with E-state index in [4.69, 9.17) is 16.3 Å². The van der Waals surface area contributed by atoms with Crippen LogP contribution in [0.3, 0.4) is 0 Å². The van der Waals surface area contributed by atoms with Gasteiger partial charge in [-0.25, -0.2) is 15.0 Å². The van der Waals surface area contributed by atoms with Crippen molar-refractivity contribution in [1.29, 1.82) is 0 Å². The van der Waals surface area contributed by atoms with Crippen molar-refractivity contribution in [2.75, 3.05) is 5.32 Å². The number of benzene rings is 2. The Balaban J connectivity index is 1.32. The number of hydrogen-bond acceptors (Lipinski definition) is 7. The molecule has 9 heteroatoms. The molecule has 0 bridgehead atoms. The minimum atomic E-state index is 0.444. The van der Waals surface area contributed by atoms with Crippen molar-refractivity contribution in [3.63, 3.8) is 0 Å². The van der Waals surface area contributed by atoms with Gasteiger partial charge < -0.3 is 14.6 Å². The van der Waals surface area contributed by atoms with Crippen LogP contribution in [0.25, 0.3) is 21.6 Å². The van der Waals surface area contributed by atoms with Crippen LogP contribution >= 0.6 is 22.9 Å². The first-order valence-corrected chi connectivity index (χ1v) is 11.7. The topological polar surface area (TPSA) is 77.8 Å². The van der Waals surface area contributed by atoms with Gasteiger partial charge in [0.15, 0.2) is 16.3 Å². The van der Waals surface area contributed by atoms with Crippen LogP contribution in [0.15, 0.2) is 67.4 Å². The quantitative estimate of drug-likeness (QED) is 0.278. The number of aromatic nitrogens is 5. The SMILES string of the molecule is CC(C)Cn1cnc2c(Oc3ccc(-c4cnc(Nc5ccccc5Cl)s4)cc3)ncnc21. The highest BCUT2D eigenvalue weighted by Gasteiger charge is 2.13. The fourth-order valence-electron chi connectivity index (χ4n) is 3.40. The molecule has 166 valence electrons. The van der Waals surface area contributed by atoms with E-state index in [2.05, 4.69) is 39.1 Å². The van der Waals surface area contributed by atoms with E-state index >= 15 is 0 Å². The minimum Gasteiger partial charge on any atom is -0.437 e. The second kappa shape index (κ2) is 9.17. The zero-order valence-corrected chi connectivity index (χ0v) is 19.6. The summed E-state index contributed by atoms with van der Waals surface area (Å²) in [7, 11) is 0. The number of para-hydroxylation sites is 1. The molecule has 0 unspecified atom stereocenters. The number of ether oxygens (including phenoxy) is 1. The number of imidazole rings is 1. The fraction of sp³-hybridized carbons (Fsp3) is 0.167. The van der Waals surface area contributed by atoms with Crippen molar-refractivity contribution in [2.24, 2.45) is 5.92 Å². The number of rotatable bonds is 7. The second-order valence-corrected chi connectivity index (χ2v) is 9.34. The lowest BCUT2D eigenvalue weighted by molar-refractivity contribution is 0.467. The Morgan fingerprint density at radius 1 is 1.03 bits per heavy atom. The number of halogens is 1. The maximum absolute atomic E-state index is 6.23. The van der Waals surface area contributed by atoms with Crippen LogP contribution in [-0.2, 0) is 6.54 Å². The third-order valence-electron chi connectivity index (χ3n) is 4.90. The summed E-state index contributed by atoms with van der Waals surface area (Å²) in [6.45, 7) is 5.15. The van der Waals surface area contributed by atoms with Crippen LogP contribution in [0.5, 0.6) is 11.6 Å². The molecule has 0 aliphatic heterocycles. The zero-order valence-electron chi connectivity index (χ0n) is 18.1. The molecule has 0 saturated heterocycles. The van der Waals surface area contributed by atoms with Gasteiger partial charge in [0.2, 0.25) is 0 Å². The molecule has 0 amide bonds. The Morgan fingerprint density at radius 3 is 2.64 bits per heavy atom. The van der Waals surface area contributed by atoms with Crippen LogP contribution in [0, 0.1) is 5.92 Å². The van der Waals surface area contributed by atoms with Gasteiger partial charge in [0.1, 0.15) is 12.1 Å². The van der Waals surface area contributed by atoms with Gasteiger partial charge >= 0.3 is 0 Å². The van der Waals surface area contributed by atoms with Crippen LogP contribution in [0.1, 0.15) is 13.8 Å². The Bertz CT molecular complexity index is 1400. The molecule has 3 aromatic heterocycles. The molecule has 7 nitrogen and oxygen atoms in total. The molecule has 0 fully saturated rings. The molecule has 3 heterocycles. The van der Waals surface area contributed by atoms with E-state index in [1.54, 1.807) is 17.7 Å². The molecule has 0 aliphatic rings. The first-order chi connectivity index (χ1) is 16.1. The van der Waals surface area contributed by atoms with Crippen LogP contribution in [0.4, 0.5) is 10.8 Å². The molecule has 0 radical (unpaired) electrons. The Kier molecular flexibility index (Phi) is 5.93. The predicted molar refractivity (Wildman–Crippen MR) is 133 cm³/mol. The summed E-state index contributed by atoms with van der Waals surface area (Å²) in [6, 6.07) is 15.4. The average molecular weight is 477 g/mol. The van der Waals surface area contributed by atoms with Gasteiger partial charge in [-0.3, -0.25) is 0 Å². The van der Waals surface area contributed by atoms with Crippen molar-refractivity contribution >= 4 is 44.9 Å². The highest BCUT2D eigenvalue weighted by Crippen LogP contribution is 2.34. The number of nitrogens with one attached hydrogen (secondary N) is 1. The van der Waals surface area contributed by atoms with Crippen molar-refractivity contribution in [1.82, 2.24) is 24.5 Å². The van der Waals surface area contributed by atoms with Gasteiger partial charge in [0.25, 0.3) is 5.88 Å². The molecule has 2 aromatic carbocycles. The van der Waals surface area contributed by atoms with Gasteiger partial charge in [0.05, 0.1) is 21.9 Å². The normalized spacial score (nSPS) is 11.3. The highest BCUT2D eigenvalue weighted by molar-refractivity contribution is 7.19. The average Bonchev–Trinajstić information content (AvgIpc) is 3.44. The summed E-state index contributed by atoms with van der Waals surface area (Å²) in [5, 5.41) is 4.70. The third-order valence-corrected chi connectivity index (χ3v) is 6.20. The summed E-state index contributed by atoms with van der Waals surface area (Å²) < 4.78 is 8.06. The van der Waals surface area contributed by atoms with Crippen LogP contribution in [-0.4, -0.2) is 24.5 Å². The molecule has 1 N–H and O–H groups in total. The Labute approximate surface area is 200 Å². The minimum absolute atomic E-state index is 0.444. The summed E-state index contributed by atoms with van der Waals surface area (Å²) in [5.41, 5.74) is 3.30. The summed E-state index contributed by atoms with van der Waals surface area (Å²) in [5.74, 6) is 1.61. The van der Waals surface area contributed by atoms with Gasteiger partial charge in [-0.05, 0) is 47.9 Å². The largest absolute Gasteiger partial charge is 0.437 e. The molecule has 0 atom stereocenters. The van der Waals surface area contributed by atoms with Gasteiger partial charge in [-0.15, -0.1) is 0 Å². The number of fused-ring (bicyclic) bond motifs is 1. The van der Waals surface area contributed by atoms with Gasteiger partial charge in [0, 0.05) is 12.7 Å². The summed E-state index contributed by atoms with van der Waals surface area (Å²) in [6.07, 6.45) is 5.14. The number of nitrogens with zero attached hydrogens (tertiary/aromatic N) is 5. The molecule has 0 spiro atoms. The van der Waals surface area contributed by atoms with Crippen molar-refractivity contribution in [2.45, 2.75) is 20.4 Å². The molecule has 33 heavy (non-hydrogen) atoms. The molecule has 0 aliphatic carbocycles. The molecular weight excluding hydrogens is 456 g/mol. The van der Waals surface area contributed by atoms with Crippen molar-refractivity contribution in [3.8, 4) is 22.1 Å². The summed E-state index contributed by atoms with van der Waals surface area (Å²) in [4.78, 5) is 18.6. The lowest BCUT2D eigenvalue weighted by Gasteiger charge is -2.08. The first kappa shape index (κ1) is 21.4. The maximum Gasteiger partial charge on any atom is 0.250 e. The van der Waals surface area contributed by atoms with Gasteiger partial charge in [-0.2, -0.15) is 4.98 Å². The van der Waals surface area contributed by atoms with E-state index in [0.29, 0.717) is 28.1 Å². The van der Waals surface area contributed by atoms with E-state index < -0.39 is 0 Å². The lowest BCUT2D eigenvalue weighted by atomic mass is 10.2.